The number of likely N-dealkylation sites (tertiary alicyclic amines) is 1. The summed E-state index contributed by atoms with van der Waals surface area (Å²) in [6.07, 6.45) is 2.80. The van der Waals surface area contributed by atoms with E-state index < -0.39 is 10.2 Å². The van der Waals surface area contributed by atoms with Crippen LogP contribution in [0, 0.1) is 5.92 Å². The Morgan fingerprint density at radius 2 is 1.96 bits per heavy atom. The molecule has 0 aromatic heterocycles. The molecule has 0 bridgehead atoms. The van der Waals surface area contributed by atoms with Crippen molar-refractivity contribution in [2.24, 2.45) is 5.92 Å². The number of hydrogen-bond acceptors (Lipinski definition) is 3. The maximum Gasteiger partial charge on any atom is 0.301 e. The van der Waals surface area contributed by atoms with Crippen molar-refractivity contribution in [3.63, 3.8) is 0 Å². The number of hydrogen-bond donors (Lipinski definition) is 1. The summed E-state index contributed by atoms with van der Waals surface area (Å²) in [7, 11) is -3.69. The van der Waals surface area contributed by atoms with Crippen molar-refractivity contribution in [2.75, 3.05) is 30.9 Å². The molecule has 1 aromatic carbocycles. The standard InChI is InChI=1S/C16H22ClN3O3S/c1-12-6-9-20(11-12)24(22,23)18-15-10-13(17)4-5-14(15)16(21)19-7-2-3-8-19/h4-5,10,12,18H,2-3,6-9,11H2,1H3. The maximum atomic E-state index is 12.7. The molecule has 0 spiro atoms. The fourth-order valence-corrected chi connectivity index (χ4v) is 4.74. The second-order valence-corrected chi connectivity index (χ2v) is 8.66. The number of carbonyl (C=O) groups is 1. The monoisotopic (exact) mass is 371 g/mol. The first-order chi connectivity index (χ1) is 11.4. The molecule has 24 heavy (non-hydrogen) atoms. The van der Waals surface area contributed by atoms with Crippen molar-refractivity contribution in [1.29, 1.82) is 0 Å². The van der Waals surface area contributed by atoms with Crippen molar-refractivity contribution in [3.8, 4) is 0 Å². The van der Waals surface area contributed by atoms with Crippen LogP contribution in [0.2, 0.25) is 5.02 Å². The number of anilines is 1. The van der Waals surface area contributed by atoms with Crippen molar-refractivity contribution in [2.45, 2.75) is 26.2 Å². The van der Waals surface area contributed by atoms with E-state index in [1.165, 1.54) is 10.4 Å². The van der Waals surface area contributed by atoms with E-state index in [1.54, 1.807) is 17.0 Å². The molecule has 2 saturated heterocycles. The van der Waals surface area contributed by atoms with Gasteiger partial charge in [-0.1, -0.05) is 18.5 Å². The van der Waals surface area contributed by atoms with E-state index in [1.807, 2.05) is 6.92 Å². The van der Waals surface area contributed by atoms with E-state index in [0.29, 0.717) is 42.7 Å². The van der Waals surface area contributed by atoms with Crippen molar-refractivity contribution < 1.29 is 13.2 Å². The molecule has 2 aliphatic heterocycles. The van der Waals surface area contributed by atoms with E-state index in [0.717, 1.165) is 19.3 Å². The second-order valence-electron chi connectivity index (χ2n) is 6.55. The van der Waals surface area contributed by atoms with Crippen LogP contribution in [-0.4, -0.2) is 49.7 Å². The van der Waals surface area contributed by atoms with E-state index in [4.69, 9.17) is 11.6 Å². The first-order valence-corrected chi connectivity index (χ1v) is 10.1. The fourth-order valence-electron chi connectivity index (χ4n) is 3.19. The van der Waals surface area contributed by atoms with Gasteiger partial charge in [0, 0.05) is 31.2 Å². The van der Waals surface area contributed by atoms with Crippen LogP contribution in [0.5, 0.6) is 0 Å². The van der Waals surface area contributed by atoms with Gasteiger partial charge in [-0.3, -0.25) is 9.52 Å². The molecular formula is C16H22ClN3O3S. The highest BCUT2D eigenvalue weighted by atomic mass is 35.5. The summed E-state index contributed by atoms with van der Waals surface area (Å²) < 4.78 is 29.2. The normalized spacial score (nSPS) is 22.1. The highest BCUT2D eigenvalue weighted by molar-refractivity contribution is 7.90. The number of rotatable bonds is 4. The Hall–Kier alpha value is -1.31. The minimum absolute atomic E-state index is 0.156. The zero-order chi connectivity index (χ0) is 17.3. The van der Waals surface area contributed by atoms with Crippen LogP contribution in [-0.2, 0) is 10.2 Å². The van der Waals surface area contributed by atoms with Gasteiger partial charge in [0.05, 0.1) is 11.3 Å². The lowest BCUT2D eigenvalue weighted by Gasteiger charge is -2.21. The van der Waals surface area contributed by atoms with Gasteiger partial charge < -0.3 is 4.90 Å². The van der Waals surface area contributed by atoms with Gasteiger partial charge in [0.1, 0.15) is 0 Å². The SMILES string of the molecule is CC1CCN(S(=O)(=O)Nc2cc(Cl)ccc2C(=O)N2CCCC2)C1. The average molecular weight is 372 g/mol. The van der Waals surface area contributed by atoms with E-state index in [-0.39, 0.29) is 11.6 Å². The smallest absolute Gasteiger partial charge is 0.301 e. The number of carbonyl (C=O) groups excluding carboxylic acids is 1. The Kier molecular flexibility index (Phi) is 5.03. The molecule has 0 radical (unpaired) electrons. The third-order valence-corrected chi connectivity index (χ3v) is 6.30. The summed E-state index contributed by atoms with van der Waals surface area (Å²) in [5.41, 5.74) is 0.594. The Morgan fingerprint density at radius 3 is 2.58 bits per heavy atom. The zero-order valence-electron chi connectivity index (χ0n) is 13.7. The molecule has 2 aliphatic rings. The Labute approximate surface area is 147 Å². The van der Waals surface area contributed by atoms with Crippen LogP contribution in [0.15, 0.2) is 18.2 Å². The molecule has 2 fully saturated rings. The first-order valence-electron chi connectivity index (χ1n) is 8.23. The van der Waals surface area contributed by atoms with Gasteiger partial charge in [-0.15, -0.1) is 0 Å². The molecule has 1 unspecified atom stereocenters. The van der Waals surface area contributed by atoms with Gasteiger partial charge in [-0.05, 0) is 43.4 Å². The lowest BCUT2D eigenvalue weighted by molar-refractivity contribution is 0.0794. The molecule has 0 aliphatic carbocycles. The van der Waals surface area contributed by atoms with E-state index in [9.17, 15) is 13.2 Å². The van der Waals surface area contributed by atoms with Gasteiger partial charge in [0.15, 0.2) is 0 Å². The predicted molar refractivity (Wildman–Crippen MR) is 94.5 cm³/mol. The van der Waals surface area contributed by atoms with Crippen LogP contribution in [0.25, 0.3) is 0 Å². The summed E-state index contributed by atoms with van der Waals surface area (Å²) in [4.78, 5) is 14.4. The molecule has 3 rings (SSSR count). The third-order valence-electron chi connectivity index (χ3n) is 4.57. The van der Waals surface area contributed by atoms with E-state index in [2.05, 4.69) is 4.72 Å². The topological polar surface area (TPSA) is 69.7 Å². The van der Waals surface area contributed by atoms with Crippen molar-refractivity contribution in [3.05, 3.63) is 28.8 Å². The molecule has 132 valence electrons. The molecule has 1 N–H and O–H groups in total. The number of nitrogens with one attached hydrogen (secondary N) is 1. The minimum Gasteiger partial charge on any atom is -0.339 e. The fraction of sp³-hybridized carbons (Fsp3) is 0.562. The average Bonchev–Trinajstić information content (AvgIpc) is 3.17. The molecule has 6 nitrogen and oxygen atoms in total. The van der Waals surface area contributed by atoms with E-state index >= 15 is 0 Å². The van der Waals surface area contributed by atoms with Crippen LogP contribution >= 0.6 is 11.6 Å². The molecule has 0 saturated carbocycles. The quantitative estimate of drug-likeness (QED) is 0.884. The maximum absolute atomic E-state index is 12.7. The van der Waals surface area contributed by atoms with Gasteiger partial charge in [-0.2, -0.15) is 12.7 Å². The molecule has 2 heterocycles. The van der Waals surface area contributed by atoms with Gasteiger partial charge in [-0.25, -0.2) is 0 Å². The van der Waals surface area contributed by atoms with Crippen LogP contribution in [0.4, 0.5) is 5.69 Å². The number of halogens is 1. The molecule has 8 heteroatoms. The number of amides is 1. The second kappa shape index (κ2) is 6.90. The largest absolute Gasteiger partial charge is 0.339 e. The lowest BCUT2D eigenvalue weighted by atomic mass is 10.1. The summed E-state index contributed by atoms with van der Waals surface area (Å²) in [6.45, 7) is 4.42. The van der Waals surface area contributed by atoms with Gasteiger partial charge in [0.25, 0.3) is 5.91 Å². The molecule has 1 atom stereocenters. The summed E-state index contributed by atoms with van der Waals surface area (Å²) in [6, 6.07) is 4.70. The Morgan fingerprint density at radius 1 is 1.25 bits per heavy atom. The van der Waals surface area contributed by atoms with Gasteiger partial charge in [0.2, 0.25) is 0 Å². The summed E-state index contributed by atoms with van der Waals surface area (Å²) >= 11 is 6.02. The lowest BCUT2D eigenvalue weighted by Crippen LogP contribution is -2.35. The number of benzene rings is 1. The van der Waals surface area contributed by atoms with Crippen LogP contribution < -0.4 is 4.72 Å². The first kappa shape index (κ1) is 17.5. The summed E-state index contributed by atoms with van der Waals surface area (Å²) in [5.74, 6) is 0.184. The Balaban J connectivity index is 1.86. The predicted octanol–water partition coefficient (Wildman–Crippen LogP) is 2.57. The van der Waals surface area contributed by atoms with Crippen LogP contribution in [0.1, 0.15) is 36.5 Å². The third kappa shape index (κ3) is 3.68. The Bertz CT molecular complexity index is 732. The van der Waals surface area contributed by atoms with Crippen LogP contribution in [0.3, 0.4) is 0 Å². The van der Waals surface area contributed by atoms with Gasteiger partial charge >= 0.3 is 10.2 Å². The van der Waals surface area contributed by atoms with Crippen molar-refractivity contribution in [1.82, 2.24) is 9.21 Å². The number of nitrogens with zero attached hydrogens (tertiary/aromatic N) is 2. The molecular weight excluding hydrogens is 350 g/mol. The molecule has 1 aromatic rings. The minimum atomic E-state index is -3.69. The highest BCUT2D eigenvalue weighted by Crippen LogP contribution is 2.27. The van der Waals surface area contributed by atoms with Crippen molar-refractivity contribution >= 4 is 33.4 Å². The zero-order valence-corrected chi connectivity index (χ0v) is 15.2. The molecule has 1 amide bonds. The highest BCUT2D eigenvalue weighted by Gasteiger charge is 2.31. The summed E-state index contributed by atoms with van der Waals surface area (Å²) in [5, 5.41) is 0.389.